The highest BCUT2D eigenvalue weighted by Gasteiger charge is 2.14. The summed E-state index contributed by atoms with van der Waals surface area (Å²) in [7, 11) is 3.96. The molecule has 2 heterocycles. The Morgan fingerprint density at radius 2 is 2.05 bits per heavy atom. The van der Waals surface area contributed by atoms with Gasteiger partial charge >= 0.3 is 0 Å². The van der Waals surface area contributed by atoms with Gasteiger partial charge in [-0.05, 0) is 42.9 Å². The fraction of sp³-hybridized carbons (Fsp3) is 0.692. The molecule has 1 fully saturated rings. The van der Waals surface area contributed by atoms with Crippen LogP contribution in [0.2, 0.25) is 0 Å². The van der Waals surface area contributed by atoms with E-state index in [1.54, 1.807) is 6.20 Å². The van der Waals surface area contributed by atoms with Crippen LogP contribution in [0.3, 0.4) is 0 Å². The van der Waals surface area contributed by atoms with Crippen LogP contribution in [-0.2, 0) is 6.54 Å². The largest absolute Gasteiger partial charge is 0.316 e. The first-order valence-electron chi connectivity index (χ1n) is 7.00. The Morgan fingerprint density at radius 1 is 1.35 bits per heavy atom. The summed E-state index contributed by atoms with van der Waals surface area (Å²) < 4.78 is 2.04. The van der Waals surface area contributed by atoms with Crippen LogP contribution >= 0.6 is 15.9 Å². The quantitative estimate of drug-likeness (QED) is 0.875. The topological polar surface area (TPSA) is 53.4 Å². The number of halogens is 1. The van der Waals surface area contributed by atoms with Gasteiger partial charge in [-0.3, -0.25) is 4.79 Å². The molecule has 112 valence electrons. The number of aromatic nitrogens is 2. The van der Waals surface area contributed by atoms with Crippen LogP contribution in [0.1, 0.15) is 19.3 Å². The van der Waals surface area contributed by atoms with Crippen molar-refractivity contribution in [2.45, 2.75) is 25.8 Å². The minimum absolute atomic E-state index is 0.0890. The molecule has 0 radical (unpaired) electrons. The van der Waals surface area contributed by atoms with E-state index >= 15 is 0 Å². The van der Waals surface area contributed by atoms with Gasteiger partial charge in [0.2, 0.25) is 0 Å². The summed E-state index contributed by atoms with van der Waals surface area (Å²) in [4.78, 5) is 14.2. The normalized spacial score (nSPS) is 16.6. The minimum Gasteiger partial charge on any atom is -0.316 e. The van der Waals surface area contributed by atoms with Crippen LogP contribution in [0.4, 0.5) is 5.69 Å². The van der Waals surface area contributed by atoms with Gasteiger partial charge in [-0.15, -0.1) is 0 Å². The number of piperidine rings is 1. The van der Waals surface area contributed by atoms with Gasteiger partial charge in [0.1, 0.15) is 4.47 Å². The fourth-order valence-corrected chi connectivity index (χ4v) is 2.57. The van der Waals surface area contributed by atoms with E-state index in [-0.39, 0.29) is 5.56 Å². The molecule has 0 spiro atoms. The number of hydrazine groups is 1. The predicted octanol–water partition coefficient (Wildman–Crippen LogP) is 1.38. The van der Waals surface area contributed by atoms with Gasteiger partial charge in [0.15, 0.2) is 0 Å². The van der Waals surface area contributed by atoms with E-state index in [0.717, 1.165) is 25.3 Å². The second kappa shape index (κ2) is 7.19. The van der Waals surface area contributed by atoms with Crippen LogP contribution in [-0.4, -0.2) is 53.4 Å². The van der Waals surface area contributed by atoms with Crippen LogP contribution in [0.5, 0.6) is 0 Å². The molecule has 20 heavy (non-hydrogen) atoms. The van der Waals surface area contributed by atoms with Crippen molar-refractivity contribution in [2.24, 2.45) is 0 Å². The Kier molecular flexibility index (Phi) is 5.56. The Morgan fingerprint density at radius 3 is 2.70 bits per heavy atom. The van der Waals surface area contributed by atoms with E-state index in [1.165, 1.54) is 23.9 Å². The lowest BCUT2D eigenvalue weighted by Crippen LogP contribution is -2.36. The van der Waals surface area contributed by atoms with E-state index in [4.69, 9.17) is 0 Å². The third kappa shape index (κ3) is 4.04. The third-order valence-electron chi connectivity index (χ3n) is 3.38. The summed E-state index contributed by atoms with van der Waals surface area (Å²) in [5.74, 6) is 0. The summed E-state index contributed by atoms with van der Waals surface area (Å²) in [5.41, 5.74) is 3.94. The molecule has 0 atom stereocenters. The molecule has 1 N–H and O–H groups in total. The van der Waals surface area contributed by atoms with Gasteiger partial charge in [-0.2, -0.15) is 5.10 Å². The van der Waals surface area contributed by atoms with Crippen molar-refractivity contribution in [2.75, 3.05) is 39.2 Å². The average molecular weight is 344 g/mol. The lowest BCUT2D eigenvalue weighted by molar-refractivity contribution is 0.272. The van der Waals surface area contributed by atoms with Crippen molar-refractivity contribution >= 4 is 21.6 Å². The Balaban J connectivity index is 2.07. The molecule has 1 saturated heterocycles. The number of nitrogens with one attached hydrogen (secondary N) is 1. The van der Waals surface area contributed by atoms with Crippen LogP contribution < -0.4 is 11.0 Å². The zero-order valence-corrected chi connectivity index (χ0v) is 13.7. The number of rotatable bonds is 5. The van der Waals surface area contributed by atoms with E-state index in [2.05, 4.69) is 31.5 Å². The summed E-state index contributed by atoms with van der Waals surface area (Å²) >= 11 is 3.39. The molecule has 0 saturated carbocycles. The lowest BCUT2D eigenvalue weighted by atomic mass is 10.2. The van der Waals surface area contributed by atoms with E-state index in [0.29, 0.717) is 11.0 Å². The molecule has 0 aromatic carbocycles. The van der Waals surface area contributed by atoms with Gasteiger partial charge < -0.3 is 10.3 Å². The summed E-state index contributed by atoms with van der Waals surface area (Å²) in [6.45, 7) is 3.40. The minimum atomic E-state index is -0.0890. The fourth-order valence-electron chi connectivity index (χ4n) is 2.17. The highest BCUT2D eigenvalue weighted by Crippen LogP contribution is 2.18. The van der Waals surface area contributed by atoms with Crippen LogP contribution in [0.25, 0.3) is 0 Å². The smallest absolute Gasteiger partial charge is 0.283 e. The molecule has 7 heteroatoms. The van der Waals surface area contributed by atoms with Crippen molar-refractivity contribution in [3.05, 3.63) is 21.0 Å². The molecule has 1 aromatic heterocycles. The van der Waals surface area contributed by atoms with Gasteiger partial charge in [0, 0.05) is 19.6 Å². The standard InChI is InChI=1S/C13H22BrN5O/c1-17(2)8-9-19-13(20)12(14)11(10-15-19)16-18-6-4-3-5-7-18/h10,16H,3-9H2,1-2H3. The van der Waals surface area contributed by atoms with Gasteiger partial charge in [0.05, 0.1) is 18.4 Å². The first kappa shape index (κ1) is 15.5. The highest BCUT2D eigenvalue weighted by atomic mass is 79.9. The molecule has 0 amide bonds. The van der Waals surface area contributed by atoms with Crippen molar-refractivity contribution in [3.63, 3.8) is 0 Å². The molecule has 1 aliphatic rings. The zero-order valence-electron chi connectivity index (χ0n) is 12.1. The Bertz CT molecular complexity index is 496. The average Bonchev–Trinajstić information content (AvgIpc) is 2.44. The van der Waals surface area contributed by atoms with Crippen LogP contribution in [0.15, 0.2) is 15.5 Å². The molecule has 1 aromatic rings. The van der Waals surface area contributed by atoms with Gasteiger partial charge in [0.25, 0.3) is 5.56 Å². The second-order valence-corrected chi connectivity index (χ2v) is 6.16. The SMILES string of the molecule is CN(C)CCn1ncc(NN2CCCCC2)c(Br)c1=O. The maximum atomic E-state index is 12.2. The molecule has 1 aliphatic heterocycles. The Labute approximate surface area is 127 Å². The van der Waals surface area contributed by atoms with Crippen molar-refractivity contribution in [1.82, 2.24) is 19.7 Å². The third-order valence-corrected chi connectivity index (χ3v) is 4.14. The monoisotopic (exact) mass is 343 g/mol. The first-order valence-corrected chi connectivity index (χ1v) is 7.79. The molecule has 6 nitrogen and oxygen atoms in total. The second-order valence-electron chi connectivity index (χ2n) is 5.36. The predicted molar refractivity (Wildman–Crippen MR) is 83.8 cm³/mol. The van der Waals surface area contributed by atoms with Gasteiger partial charge in [-0.25, -0.2) is 9.69 Å². The molecule has 2 rings (SSSR count). The van der Waals surface area contributed by atoms with Crippen molar-refractivity contribution in [3.8, 4) is 0 Å². The molecular weight excluding hydrogens is 322 g/mol. The summed E-state index contributed by atoms with van der Waals surface area (Å²) in [6.07, 6.45) is 5.38. The van der Waals surface area contributed by atoms with Crippen molar-refractivity contribution < 1.29 is 0 Å². The van der Waals surface area contributed by atoms with E-state index in [9.17, 15) is 4.79 Å². The molecule has 0 bridgehead atoms. The van der Waals surface area contributed by atoms with E-state index < -0.39 is 0 Å². The maximum Gasteiger partial charge on any atom is 0.283 e. The zero-order chi connectivity index (χ0) is 14.5. The summed E-state index contributed by atoms with van der Waals surface area (Å²) in [6, 6.07) is 0. The number of nitrogens with zero attached hydrogens (tertiary/aromatic N) is 4. The van der Waals surface area contributed by atoms with Crippen molar-refractivity contribution in [1.29, 1.82) is 0 Å². The number of likely N-dealkylation sites (N-methyl/N-ethyl adjacent to an activating group) is 1. The van der Waals surface area contributed by atoms with Gasteiger partial charge in [-0.1, -0.05) is 6.42 Å². The summed E-state index contributed by atoms with van der Waals surface area (Å²) in [5, 5.41) is 6.38. The molecule has 0 aliphatic carbocycles. The van der Waals surface area contributed by atoms with Crippen LogP contribution in [0, 0.1) is 0 Å². The molecular formula is C13H22BrN5O. The number of hydrogen-bond donors (Lipinski definition) is 1. The maximum absolute atomic E-state index is 12.2. The highest BCUT2D eigenvalue weighted by molar-refractivity contribution is 9.10. The van der Waals surface area contributed by atoms with E-state index in [1.807, 2.05) is 19.0 Å². The first-order chi connectivity index (χ1) is 9.58. The lowest BCUT2D eigenvalue weighted by Gasteiger charge is -2.28. The molecule has 0 unspecified atom stereocenters. The number of anilines is 1. The number of hydrogen-bond acceptors (Lipinski definition) is 5. The Hall–Kier alpha value is -0.920.